The summed E-state index contributed by atoms with van der Waals surface area (Å²) in [6.07, 6.45) is 1.60. The topological polar surface area (TPSA) is 76.6 Å². The van der Waals surface area contributed by atoms with Crippen molar-refractivity contribution in [1.29, 1.82) is 0 Å². The van der Waals surface area contributed by atoms with Crippen LogP contribution < -0.4 is 14.8 Å². The summed E-state index contributed by atoms with van der Waals surface area (Å²) in [5.41, 5.74) is 3.47. The molecule has 0 saturated carbocycles. The minimum Gasteiger partial charge on any atom is -0.454 e. The Bertz CT molecular complexity index is 1050. The number of carbonyl (C=O) groups is 1. The van der Waals surface area contributed by atoms with E-state index in [1.807, 2.05) is 51.1 Å². The quantitative estimate of drug-likeness (QED) is 0.726. The molecule has 1 aromatic carbocycles. The van der Waals surface area contributed by atoms with Gasteiger partial charge in [0.05, 0.1) is 11.3 Å². The highest BCUT2D eigenvalue weighted by Gasteiger charge is 2.21. The molecule has 7 heteroatoms. The number of nitrogens with zero attached hydrogens (tertiary/aromatic N) is 3. The normalized spacial score (nSPS) is 12.2. The number of aryl methyl sites for hydroxylation is 1. The molecule has 4 rings (SSSR count). The lowest BCUT2D eigenvalue weighted by molar-refractivity contribution is 0.0773. The summed E-state index contributed by atoms with van der Waals surface area (Å²) in [4.78, 5) is 23.8. The largest absolute Gasteiger partial charge is 0.454 e. The fraction of sp³-hybridized carbons (Fsp3) is 0.286. The molecule has 3 aromatic rings. The number of hydrogen-bond acceptors (Lipinski definition) is 6. The van der Waals surface area contributed by atoms with Crippen molar-refractivity contribution in [1.82, 2.24) is 14.9 Å². The van der Waals surface area contributed by atoms with Crippen LogP contribution >= 0.6 is 0 Å². The van der Waals surface area contributed by atoms with E-state index < -0.39 is 0 Å². The van der Waals surface area contributed by atoms with E-state index in [9.17, 15) is 4.79 Å². The van der Waals surface area contributed by atoms with Gasteiger partial charge in [-0.05, 0) is 45.0 Å². The molecule has 3 heterocycles. The molecule has 7 nitrogen and oxygen atoms in total. The molecule has 1 N–H and O–H groups in total. The first-order chi connectivity index (χ1) is 13.6. The zero-order chi connectivity index (χ0) is 19.7. The van der Waals surface area contributed by atoms with Crippen LogP contribution in [0.5, 0.6) is 11.5 Å². The van der Waals surface area contributed by atoms with E-state index in [1.165, 1.54) is 0 Å². The van der Waals surface area contributed by atoms with Gasteiger partial charge in [-0.3, -0.25) is 4.79 Å². The Hall–Kier alpha value is -3.35. The molecule has 0 atom stereocenters. The van der Waals surface area contributed by atoms with Gasteiger partial charge in [-0.2, -0.15) is 0 Å². The molecule has 0 unspecified atom stereocenters. The van der Waals surface area contributed by atoms with Gasteiger partial charge >= 0.3 is 0 Å². The first-order valence-corrected chi connectivity index (χ1v) is 9.33. The second kappa shape index (κ2) is 7.34. The average Bonchev–Trinajstić information content (AvgIpc) is 3.16. The van der Waals surface area contributed by atoms with Gasteiger partial charge in [0.15, 0.2) is 17.1 Å². The maximum absolute atomic E-state index is 13.1. The van der Waals surface area contributed by atoms with Gasteiger partial charge in [0.1, 0.15) is 0 Å². The molecular weight excluding hydrogens is 356 g/mol. The van der Waals surface area contributed by atoms with Crippen molar-refractivity contribution in [2.24, 2.45) is 0 Å². The highest BCUT2D eigenvalue weighted by atomic mass is 16.7. The highest BCUT2D eigenvalue weighted by molar-refractivity contribution is 6.07. The van der Waals surface area contributed by atoms with Crippen molar-refractivity contribution in [3.05, 3.63) is 47.8 Å². The van der Waals surface area contributed by atoms with Crippen LogP contribution in [0.25, 0.3) is 11.0 Å². The summed E-state index contributed by atoms with van der Waals surface area (Å²) >= 11 is 0. The van der Waals surface area contributed by atoms with Crippen molar-refractivity contribution < 1.29 is 14.3 Å². The van der Waals surface area contributed by atoms with Crippen LogP contribution in [0, 0.1) is 6.92 Å². The summed E-state index contributed by atoms with van der Waals surface area (Å²) in [5.74, 6) is 1.32. The van der Waals surface area contributed by atoms with Gasteiger partial charge in [0, 0.05) is 42.1 Å². The minimum absolute atomic E-state index is 0.0665. The molecule has 1 amide bonds. The summed E-state index contributed by atoms with van der Waals surface area (Å²) in [5, 5.41) is 4.18. The second-order valence-electron chi connectivity index (χ2n) is 6.54. The maximum atomic E-state index is 13.1. The van der Waals surface area contributed by atoms with E-state index in [2.05, 4.69) is 15.3 Å². The standard InChI is InChI=1S/C21H22N4O3/c1-4-25(5-2)21(26)16-11-22-20-15(8-6-13(3)23-20)19(16)24-14-7-9-17-18(10-14)28-12-27-17/h6-11H,4-5,12H2,1-3H3,(H,22,23,24). The Morgan fingerprint density at radius 2 is 1.93 bits per heavy atom. The van der Waals surface area contributed by atoms with Crippen molar-refractivity contribution >= 4 is 28.3 Å². The van der Waals surface area contributed by atoms with Gasteiger partial charge in [-0.1, -0.05) is 0 Å². The van der Waals surface area contributed by atoms with Crippen molar-refractivity contribution in [3.63, 3.8) is 0 Å². The molecule has 28 heavy (non-hydrogen) atoms. The number of fused-ring (bicyclic) bond motifs is 2. The third-order valence-corrected chi connectivity index (χ3v) is 4.79. The van der Waals surface area contributed by atoms with Gasteiger partial charge in [0.2, 0.25) is 6.79 Å². The number of carbonyl (C=O) groups excluding carboxylic acids is 1. The van der Waals surface area contributed by atoms with E-state index in [0.717, 1.165) is 16.8 Å². The predicted molar refractivity (Wildman–Crippen MR) is 107 cm³/mol. The fourth-order valence-electron chi connectivity index (χ4n) is 3.27. The zero-order valence-electron chi connectivity index (χ0n) is 16.2. The van der Waals surface area contributed by atoms with Crippen LogP contribution in [-0.2, 0) is 0 Å². The fourth-order valence-corrected chi connectivity index (χ4v) is 3.27. The molecule has 2 aromatic heterocycles. The third kappa shape index (κ3) is 3.19. The molecule has 1 aliphatic heterocycles. The smallest absolute Gasteiger partial charge is 0.257 e. The number of nitrogens with one attached hydrogen (secondary N) is 1. The number of hydrogen-bond donors (Lipinski definition) is 1. The highest BCUT2D eigenvalue weighted by Crippen LogP contribution is 2.36. The lowest BCUT2D eigenvalue weighted by Gasteiger charge is -2.21. The number of rotatable bonds is 5. The molecule has 1 aliphatic rings. The minimum atomic E-state index is -0.0665. The van der Waals surface area contributed by atoms with Crippen LogP contribution in [0.4, 0.5) is 11.4 Å². The predicted octanol–water partition coefficient (Wildman–Crippen LogP) is 3.89. The molecule has 144 valence electrons. The van der Waals surface area contributed by atoms with E-state index in [-0.39, 0.29) is 12.7 Å². The van der Waals surface area contributed by atoms with E-state index >= 15 is 0 Å². The first kappa shape index (κ1) is 18.0. The monoisotopic (exact) mass is 378 g/mol. The van der Waals surface area contributed by atoms with Crippen LogP contribution in [0.2, 0.25) is 0 Å². The lowest BCUT2D eigenvalue weighted by Crippen LogP contribution is -2.31. The van der Waals surface area contributed by atoms with E-state index in [0.29, 0.717) is 41.5 Å². The number of pyridine rings is 2. The number of ether oxygens (including phenoxy) is 2. The summed E-state index contributed by atoms with van der Waals surface area (Å²) in [7, 11) is 0. The lowest BCUT2D eigenvalue weighted by atomic mass is 10.1. The molecule has 0 fully saturated rings. The molecule has 0 radical (unpaired) electrons. The van der Waals surface area contributed by atoms with Gasteiger partial charge in [-0.25, -0.2) is 9.97 Å². The van der Waals surface area contributed by atoms with Crippen molar-refractivity contribution in [2.75, 3.05) is 25.2 Å². The first-order valence-electron chi connectivity index (χ1n) is 9.33. The van der Waals surface area contributed by atoms with Crippen molar-refractivity contribution in [3.8, 4) is 11.5 Å². The molecule has 0 saturated heterocycles. The van der Waals surface area contributed by atoms with Crippen LogP contribution in [0.3, 0.4) is 0 Å². The third-order valence-electron chi connectivity index (χ3n) is 4.79. The van der Waals surface area contributed by atoms with Gasteiger partial charge in [-0.15, -0.1) is 0 Å². The Balaban J connectivity index is 1.83. The molecule has 0 bridgehead atoms. The van der Waals surface area contributed by atoms with Crippen LogP contribution in [0.15, 0.2) is 36.5 Å². The number of anilines is 2. The Kier molecular flexibility index (Phi) is 4.73. The molecule has 0 aliphatic carbocycles. The SMILES string of the molecule is CCN(CC)C(=O)c1cnc2nc(C)ccc2c1Nc1ccc2c(c1)OCO2. The van der Waals surface area contributed by atoms with Crippen LogP contribution in [0.1, 0.15) is 29.9 Å². The number of amides is 1. The summed E-state index contributed by atoms with van der Waals surface area (Å²) < 4.78 is 10.8. The maximum Gasteiger partial charge on any atom is 0.257 e. The Labute approximate surface area is 163 Å². The van der Waals surface area contributed by atoms with Gasteiger partial charge in [0.25, 0.3) is 5.91 Å². The van der Waals surface area contributed by atoms with E-state index in [4.69, 9.17) is 9.47 Å². The summed E-state index contributed by atoms with van der Waals surface area (Å²) in [6.45, 7) is 7.32. The zero-order valence-corrected chi connectivity index (χ0v) is 16.2. The molecule has 0 spiro atoms. The number of benzene rings is 1. The second-order valence-corrected chi connectivity index (χ2v) is 6.54. The average molecular weight is 378 g/mol. The Morgan fingerprint density at radius 3 is 2.71 bits per heavy atom. The summed E-state index contributed by atoms with van der Waals surface area (Å²) in [6, 6.07) is 9.47. The van der Waals surface area contributed by atoms with Crippen molar-refractivity contribution in [2.45, 2.75) is 20.8 Å². The number of aromatic nitrogens is 2. The van der Waals surface area contributed by atoms with E-state index in [1.54, 1.807) is 11.1 Å². The van der Waals surface area contributed by atoms with Gasteiger partial charge < -0.3 is 19.7 Å². The van der Waals surface area contributed by atoms with Crippen LogP contribution in [-0.4, -0.2) is 40.7 Å². The molecular formula is C21H22N4O3. The Morgan fingerprint density at radius 1 is 1.14 bits per heavy atom.